The number of benzene rings is 2. The monoisotopic (exact) mass is 502 g/mol. The minimum absolute atomic E-state index is 0.0223. The van der Waals surface area contributed by atoms with Gasteiger partial charge >= 0.3 is 5.97 Å². The third-order valence-electron chi connectivity index (χ3n) is 7.22. The predicted molar refractivity (Wildman–Crippen MR) is 138 cm³/mol. The van der Waals surface area contributed by atoms with Crippen LogP contribution in [0.2, 0.25) is 0 Å². The molecule has 0 saturated heterocycles. The van der Waals surface area contributed by atoms with Crippen molar-refractivity contribution in [1.29, 1.82) is 0 Å². The lowest BCUT2D eigenvalue weighted by molar-refractivity contribution is -0.139. The molecule has 0 unspecified atom stereocenters. The van der Waals surface area contributed by atoms with E-state index in [-0.39, 0.29) is 30.5 Å². The lowest BCUT2D eigenvalue weighted by Gasteiger charge is -2.41. The molecule has 0 heterocycles. The van der Waals surface area contributed by atoms with Crippen molar-refractivity contribution in [3.8, 4) is 0 Å². The fourth-order valence-electron chi connectivity index (χ4n) is 5.06. The van der Waals surface area contributed by atoms with Gasteiger partial charge in [0.05, 0.1) is 19.8 Å². The van der Waals surface area contributed by atoms with Crippen molar-refractivity contribution >= 4 is 5.97 Å². The minimum atomic E-state index is -0.911. The molecule has 5 nitrogen and oxygen atoms in total. The summed E-state index contributed by atoms with van der Waals surface area (Å²) in [5.74, 6) is -1.83. The maximum absolute atomic E-state index is 13.8. The maximum atomic E-state index is 13.8. The van der Waals surface area contributed by atoms with E-state index in [0.717, 1.165) is 31.7 Å². The summed E-state index contributed by atoms with van der Waals surface area (Å²) in [5.41, 5.74) is 2.64. The molecule has 0 aromatic heterocycles. The number of ether oxygens (including phenoxy) is 1. The van der Waals surface area contributed by atoms with Crippen LogP contribution in [0.3, 0.4) is 0 Å². The first kappa shape index (κ1) is 28.2. The Kier molecular flexibility index (Phi) is 9.61. The largest absolute Gasteiger partial charge is 0.468 e. The number of carbonyl (C=O) groups excluding carboxylic acids is 1. The van der Waals surface area contributed by atoms with Gasteiger partial charge in [-0.05, 0) is 53.5 Å². The maximum Gasteiger partial charge on any atom is 0.319 e. The summed E-state index contributed by atoms with van der Waals surface area (Å²) in [6.45, 7) is 6.74. The van der Waals surface area contributed by atoms with Crippen LogP contribution in [0.5, 0.6) is 0 Å². The van der Waals surface area contributed by atoms with Crippen molar-refractivity contribution in [2.24, 2.45) is 0 Å². The SMILES string of the molecule is COC(=O)CN[C@@H](Cc1cc(F)cc(F)c1)[C@H](O)CNC1(c2cccc(C(C)(C)C)c2)CCCCC1. The smallest absolute Gasteiger partial charge is 0.319 e. The Labute approximate surface area is 213 Å². The highest BCUT2D eigenvalue weighted by Crippen LogP contribution is 2.38. The zero-order valence-corrected chi connectivity index (χ0v) is 21.9. The Morgan fingerprint density at radius 1 is 1.08 bits per heavy atom. The van der Waals surface area contributed by atoms with Crippen LogP contribution in [0.25, 0.3) is 0 Å². The second kappa shape index (κ2) is 12.3. The number of esters is 1. The Bertz CT molecular complexity index is 996. The summed E-state index contributed by atoms with van der Waals surface area (Å²) >= 11 is 0. The van der Waals surface area contributed by atoms with E-state index < -0.39 is 29.7 Å². The standard InChI is InChI=1S/C29H40F2N2O3/c1-28(2,3)21-9-8-10-22(16-21)29(11-6-5-7-12-29)33-18-26(34)25(32-19-27(35)36-4)15-20-13-23(30)17-24(31)14-20/h8-10,13-14,16-17,25-26,32-34H,5-7,11-12,15,18-19H2,1-4H3/t25-,26+/m0/s1. The molecule has 0 spiro atoms. The molecule has 1 aliphatic carbocycles. The summed E-state index contributed by atoms with van der Waals surface area (Å²) in [5, 5.41) is 17.9. The van der Waals surface area contributed by atoms with Gasteiger partial charge in [-0.25, -0.2) is 8.78 Å². The number of hydrogen-bond donors (Lipinski definition) is 3. The Balaban J connectivity index is 1.80. The van der Waals surface area contributed by atoms with E-state index >= 15 is 0 Å². The number of hydrogen-bond acceptors (Lipinski definition) is 5. The van der Waals surface area contributed by atoms with Crippen LogP contribution in [0.15, 0.2) is 42.5 Å². The molecule has 0 radical (unpaired) electrons. The van der Waals surface area contributed by atoms with Gasteiger partial charge in [0.15, 0.2) is 0 Å². The number of halogens is 2. The molecule has 1 aliphatic rings. The molecule has 0 amide bonds. The summed E-state index contributed by atoms with van der Waals surface area (Å²) in [4.78, 5) is 11.8. The molecule has 2 aromatic rings. The van der Waals surface area contributed by atoms with Crippen molar-refractivity contribution in [1.82, 2.24) is 10.6 Å². The van der Waals surface area contributed by atoms with Crippen LogP contribution in [-0.4, -0.2) is 43.4 Å². The quantitative estimate of drug-likeness (QED) is 0.409. The van der Waals surface area contributed by atoms with Crippen LogP contribution in [0, 0.1) is 11.6 Å². The van der Waals surface area contributed by atoms with Crippen LogP contribution in [-0.2, 0) is 26.9 Å². The average molecular weight is 503 g/mol. The highest BCUT2D eigenvalue weighted by Gasteiger charge is 2.35. The number of carbonyl (C=O) groups is 1. The fourth-order valence-corrected chi connectivity index (χ4v) is 5.06. The highest BCUT2D eigenvalue weighted by molar-refractivity contribution is 5.71. The van der Waals surface area contributed by atoms with E-state index in [0.29, 0.717) is 5.56 Å². The molecule has 2 atom stereocenters. The molecule has 0 bridgehead atoms. The van der Waals surface area contributed by atoms with Gasteiger partial charge in [-0.3, -0.25) is 4.79 Å². The molecule has 3 N–H and O–H groups in total. The molecule has 36 heavy (non-hydrogen) atoms. The second-order valence-electron chi connectivity index (χ2n) is 11.0. The normalized spacial score (nSPS) is 17.4. The zero-order chi connectivity index (χ0) is 26.3. The van der Waals surface area contributed by atoms with Crippen molar-refractivity contribution in [2.75, 3.05) is 20.2 Å². The molecule has 2 aromatic carbocycles. The van der Waals surface area contributed by atoms with E-state index in [1.165, 1.54) is 36.8 Å². The first-order valence-electron chi connectivity index (χ1n) is 12.8. The van der Waals surface area contributed by atoms with Gasteiger partial charge in [0, 0.05) is 24.2 Å². The van der Waals surface area contributed by atoms with Crippen LogP contribution < -0.4 is 10.6 Å². The van der Waals surface area contributed by atoms with Gasteiger partial charge in [0.1, 0.15) is 11.6 Å². The molecule has 198 valence electrons. The van der Waals surface area contributed by atoms with Crippen LogP contribution in [0.4, 0.5) is 8.78 Å². The summed E-state index contributed by atoms with van der Waals surface area (Å²) in [6, 6.07) is 11.4. The molecular formula is C29H40F2N2O3. The lowest BCUT2D eigenvalue weighted by Crippen LogP contribution is -2.53. The molecule has 7 heteroatoms. The number of methoxy groups -OCH3 is 1. The minimum Gasteiger partial charge on any atom is -0.468 e. The van der Waals surface area contributed by atoms with Crippen molar-refractivity contribution in [2.45, 2.75) is 82.4 Å². The Morgan fingerprint density at radius 3 is 2.36 bits per heavy atom. The average Bonchev–Trinajstić information content (AvgIpc) is 2.84. The van der Waals surface area contributed by atoms with Gasteiger partial charge in [-0.2, -0.15) is 0 Å². The number of aliphatic hydroxyl groups is 1. The fraction of sp³-hybridized carbons (Fsp3) is 0.552. The first-order chi connectivity index (χ1) is 17.0. The van der Waals surface area contributed by atoms with Gasteiger partial charge in [-0.15, -0.1) is 0 Å². The van der Waals surface area contributed by atoms with E-state index in [2.05, 4.69) is 55.7 Å². The Morgan fingerprint density at radius 2 is 1.75 bits per heavy atom. The van der Waals surface area contributed by atoms with Gasteiger partial charge < -0.3 is 20.5 Å². The van der Waals surface area contributed by atoms with Gasteiger partial charge in [-0.1, -0.05) is 64.3 Å². The lowest BCUT2D eigenvalue weighted by atomic mass is 9.74. The molecule has 1 saturated carbocycles. The van der Waals surface area contributed by atoms with E-state index in [1.54, 1.807) is 0 Å². The molecular weight excluding hydrogens is 462 g/mol. The predicted octanol–water partition coefficient (Wildman–Crippen LogP) is 4.75. The van der Waals surface area contributed by atoms with E-state index in [1.807, 2.05) is 0 Å². The summed E-state index contributed by atoms with van der Waals surface area (Å²) in [7, 11) is 1.29. The highest BCUT2D eigenvalue weighted by atomic mass is 19.1. The third kappa shape index (κ3) is 7.58. The number of rotatable bonds is 10. The van der Waals surface area contributed by atoms with Gasteiger partial charge in [0.25, 0.3) is 0 Å². The third-order valence-corrected chi connectivity index (χ3v) is 7.22. The second-order valence-corrected chi connectivity index (χ2v) is 11.0. The topological polar surface area (TPSA) is 70.6 Å². The van der Waals surface area contributed by atoms with Crippen molar-refractivity contribution in [3.63, 3.8) is 0 Å². The number of nitrogens with one attached hydrogen (secondary N) is 2. The molecule has 0 aliphatic heterocycles. The van der Waals surface area contributed by atoms with E-state index in [9.17, 15) is 18.7 Å². The molecule has 3 rings (SSSR count). The molecule has 1 fully saturated rings. The summed E-state index contributed by atoms with van der Waals surface area (Å²) in [6.07, 6.45) is 4.53. The first-order valence-corrected chi connectivity index (χ1v) is 12.8. The zero-order valence-electron chi connectivity index (χ0n) is 21.9. The Hall–Kier alpha value is -2.35. The van der Waals surface area contributed by atoms with Crippen molar-refractivity contribution in [3.05, 3.63) is 70.8 Å². The van der Waals surface area contributed by atoms with Crippen LogP contribution in [0.1, 0.15) is 69.6 Å². The van der Waals surface area contributed by atoms with E-state index in [4.69, 9.17) is 4.74 Å². The number of aliphatic hydroxyl groups excluding tert-OH is 1. The van der Waals surface area contributed by atoms with Crippen molar-refractivity contribution < 1.29 is 23.4 Å². The summed E-state index contributed by atoms with van der Waals surface area (Å²) < 4.78 is 32.3. The van der Waals surface area contributed by atoms with Gasteiger partial charge in [0.2, 0.25) is 0 Å². The van der Waals surface area contributed by atoms with Crippen LogP contribution >= 0.6 is 0 Å².